The molecule has 30 heavy (non-hydrogen) atoms. The van der Waals surface area contributed by atoms with E-state index in [1.807, 2.05) is 0 Å². The highest BCUT2D eigenvalue weighted by atomic mass is 16.5. The summed E-state index contributed by atoms with van der Waals surface area (Å²) in [4.78, 5) is 36.2. The molecule has 12 N–H and O–H groups in total. The van der Waals surface area contributed by atoms with E-state index in [0.717, 1.165) is 32.1 Å². The fraction of sp³-hybridized carbons (Fsp3) is 0.842. The Morgan fingerprint density at radius 2 is 1.27 bits per heavy atom. The van der Waals surface area contributed by atoms with Gasteiger partial charge in [0.2, 0.25) is 11.8 Å². The second-order valence-corrected chi connectivity index (χ2v) is 7.36. The first-order chi connectivity index (χ1) is 14.3. The lowest BCUT2D eigenvalue weighted by molar-refractivity contribution is -0.130. The lowest BCUT2D eigenvalue weighted by atomic mass is 10.0. The standard InChI is InChI=1S/C19H41N7O4/c20-10-4-1-7-14(13-30-19(24)29)25-18(28)16(9-3-6-12-22)26-17(27)15(23)8-2-5-11-21/h14-16H,1-13,20-23H2,(H2,24,29)(H,25,28)(H,26,27)/t14-,15+,16+/m1/s1. The van der Waals surface area contributed by atoms with E-state index in [9.17, 15) is 14.4 Å². The second-order valence-electron chi connectivity index (χ2n) is 7.36. The van der Waals surface area contributed by atoms with Gasteiger partial charge in [0.25, 0.3) is 0 Å². The fourth-order valence-corrected chi connectivity index (χ4v) is 2.90. The molecule has 0 spiro atoms. The maximum Gasteiger partial charge on any atom is 0.404 e. The third-order valence-corrected chi connectivity index (χ3v) is 4.67. The van der Waals surface area contributed by atoms with Crippen molar-refractivity contribution in [3.05, 3.63) is 0 Å². The van der Waals surface area contributed by atoms with E-state index in [0.29, 0.717) is 45.3 Å². The summed E-state index contributed by atoms with van der Waals surface area (Å²) < 4.78 is 4.85. The summed E-state index contributed by atoms with van der Waals surface area (Å²) in [6, 6.07) is -1.89. The van der Waals surface area contributed by atoms with Crippen LogP contribution in [0.4, 0.5) is 4.79 Å². The number of unbranched alkanes of at least 4 members (excludes halogenated alkanes) is 3. The Labute approximate surface area is 179 Å². The van der Waals surface area contributed by atoms with E-state index in [-0.39, 0.29) is 18.4 Å². The third kappa shape index (κ3) is 14.1. The van der Waals surface area contributed by atoms with Crippen LogP contribution in [0.3, 0.4) is 0 Å². The number of carbonyl (C=O) groups is 3. The van der Waals surface area contributed by atoms with Crippen molar-refractivity contribution in [2.45, 2.75) is 75.9 Å². The summed E-state index contributed by atoms with van der Waals surface area (Å²) in [5, 5.41) is 5.58. The molecule has 0 bridgehead atoms. The molecule has 11 heteroatoms. The molecule has 0 saturated carbocycles. The zero-order valence-electron chi connectivity index (χ0n) is 17.9. The van der Waals surface area contributed by atoms with Crippen LogP contribution >= 0.6 is 0 Å². The van der Waals surface area contributed by atoms with E-state index < -0.39 is 24.2 Å². The Hall–Kier alpha value is -1.95. The zero-order chi connectivity index (χ0) is 22.8. The van der Waals surface area contributed by atoms with Crippen LogP contribution in [0.15, 0.2) is 0 Å². The minimum Gasteiger partial charge on any atom is -0.448 e. The number of nitrogens with two attached hydrogens (primary N) is 5. The van der Waals surface area contributed by atoms with Crippen LogP contribution in [0.2, 0.25) is 0 Å². The number of ether oxygens (including phenoxy) is 1. The number of nitrogens with one attached hydrogen (secondary N) is 2. The summed E-state index contributed by atoms with van der Waals surface area (Å²) in [7, 11) is 0. The normalized spacial score (nSPS) is 13.9. The van der Waals surface area contributed by atoms with Gasteiger partial charge in [-0.1, -0.05) is 12.8 Å². The van der Waals surface area contributed by atoms with E-state index in [1.165, 1.54) is 0 Å². The molecule has 11 nitrogen and oxygen atoms in total. The number of hydrogen-bond donors (Lipinski definition) is 7. The highest BCUT2D eigenvalue weighted by Gasteiger charge is 2.25. The topological polar surface area (TPSA) is 215 Å². The molecule has 0 heterocycles. The molecule has 3 atom stereocenters. The number of rotatable bonds is 18. The molecule has 0 rings (SSSR count). The monoisotopic (exact) mass is 431 g/mol. The van der Waals surface area contributed by atoms with Crippen LogP contribution in [0.1, 0.15) is 57.8 Å². The van der Waals surface area contributed by atoms with Crippen LogP contribution in [-0.2, 0) is 14.3 Å². The van der Waals surface area contributed by atoms with Crippen molar-refractivity contribution in [1.29, 1.82) is 0 Å². The lowest BCUT2D eigenvalue weighted by Gasteiger charge is -2.24. The molecule has 0 aromatic heterocycles. The van der Waals surface area contributed by atoms with Gasteiger partial charge < -0.3 is 44.0 Å². The van der Waals surface area contributed by atoms with Crippen molar-refractivity contribution in [3.8, 4) is 0 Å². The Balaban J connectivity index is 4.95. The van der Waals surface area contributed by atoms with Gasteiger partial charge >= 0.3 is 6.09 Å². The van der Waals surface area contributed by atoms with Crippen molar-refractivity contribution in [3.63, 3.8) is 0 Å². The zero-order valence-corrected chi connectivity index (χ0v) is 17.9. The summed E-state index contributed by atoms with van der Waals surface area (Å²) in [6.45, 7) is 1.51. The van der Waals surface area contributed by atoms with Gasteiger partial charge in [-0.2, -0.15) is 0 Å². The fourth-order valence-electron chi connectivity index (χ4n) is 2.90. The van der Waals surface area contributed by atoms with Gasteiger partial charge in [-0.25, -0.2) is 4.79 Å². The Morgan fingerprint density at radius 3 is 1.80 bits per heavy atom. The van der Waals surface area contributed by atoms with E-state index in [4.69, 9.17) is 33.4 Å². The molecule has 176 valence electrons. The molecule has 0 radical (unpaired) electrons. The SMILES string of the molecule is NCCCC[C@H](COC(N)=O)NC(=O)[C@H](CCCCN)NC(=O)[C@@H](N)CCCCN. The minimum absolute atomic E-state index is 0.0479. The molecule has 0 aliphatic carbocycles. The quantitative estimate of drug-likeness (QED) is 0.130. The van der Waals surface area contributed by atoms with Crippen LogP contribution in [-0.4, -0.2) is 62.3 Å². The van der Waals surface area contributed by atoms with Crippen LogP contribution in [0.25, 0.3) is 0 Å². The van der Waals surface area contributed by atoms with Crippen LogP contribution in [0.5, 0.6) is 0 Å². The van der Waals surface area contributed by atoms with Crippen molar-refractivity contribution >= 4 is 17.9 Å². The predicted molar refractivity (Wildman–Crippen MR) is 116 cm³/mol. The van der Waals surface area contributed by atoms with E-state index >= 15 is 0 Å². The summed E-state index contributed by atoms with van der Waals surface area (Å²) in [6.07, 6.45) is 5.03. The molecule has 3 amide bonds. The minimum atomic E-state index is -0.913. The van der Waals surface area contributed by atoms with E-state index in [2.05, 4.69) is 10.6 Å². The van der Waals surface area contributed by atoms with Gasteiger partial charge in [0.1, 0.15) is 12.6 Å². The molecular weight excluding hydrogens is 390 g/mol. The summed E-state index contributed by atoms with van der Waals surface area (Å²) in [5.41, 5.74) is 27.5. The third-order valence-electron chi connectivity index (χ3n) is 4.67. The lowest BCUT2D eigenvalue weighted by Crippen LogP contribution is -2.54. The average Bonchev–Trinajstić information content (AvgIpc) is 2.71. The first kappa shape index (κ1) is 28.1. The van der Waals surface area contributed by atoms with Crippen molar-refractivity contribution in [2.24, 2.45) is 28.7 Å². The highest BCUT2D eigenvalue weighted by molar-refractivity contribution is 5.89. The first-order valence-electron chi connectivity index (χ1n) is 10.7. The molecular formula is C19H41N7O4. The van der Waals surface area contributed by atoms with E-state index in [1.54, 1.807) is 0 Å². The van der Waals surface area contributed by atoms with Gasteiger partial charge in [0, 0.05) is 0 Å². The molecule has 0 aliphatic rings. The number of hydrogen-bond acceptors (Lipinski definition) is 8. The summed E-state index contributed by atoms with van der Waals surface area (Å²) in [5.74, 6) is -0.742. The number of carbonyl (C=O) groups excluding carboxylic acids is 3. The summed E-state index contributed by atoms with van der Waals surface area (Å²) >= 11 is 0. The Bertz CT molecular complexity index is 494. The van der Waals surface area contributed by atoms with Gasteiger partial charge in [0.05, 0.1) is 12.1 Å². The Kier molecular flexibility index (Phi) is 16.7. The van der Waals surface area contributed by atoms with Crippen LogP contribution < -0.4 is 39.3 Å². The molecule has 0 saturated heterocycles. The Morgan fingerprint density at radius 1 is 0.733 bits per heavy atom. The van der Waals surface area contributed by atoms with Crippen LogP contribution in [0, 0.1) is 0 Å². The highest BCUT2D eigenvalue weighted by Crippen LogP contribution is 2.07. The number of amides is 3. The second kappa shape index (κ2) is 17.9. The molecule has 0 unspecified atom stereocenters. The molecule has 0 aromatic carbocycles. The molecule has 0 fully saturated rings. The van der Waals surface area contributed by atoms with Crippen molar-refractivity contribution in [1.82, 2.24) is 10.6 Å². The van der Waals surface area contributed by atoms with Gasteiger partial charge in [-0.3, -0.25) is 9.59 Å². The first-order valence-corrected chi connectivity index (χ1v) is 10.7. The van der Waals surface area contributed by atoms with Crippen molar-refractivity contribution < 1.29 is 19.1 Å². The molecule has 0 aromatic rings. The number of primary amides is 1. The van der Waals surface area contributed by atoms with Gasteiger partial charge in [-0.15, -0.1) is 0 Å². The average molecular weight is 432 g/mol. The van der Waals surface area contributed by atoms with Gasteiger partial charge in [-0.05, 0) is 64.6 Å². The largest absolute Gasteiger partial charge is 0.448 e. The van der Waals surface area contributed by atoms with Gasteiger partial charge in [0.15, 0.2) is 0 Å². The van der Waals surface area contributed by atoms with Crippen molar-refractivity contribution in [2.75, 3.05) is 26.2 Å². The molecule has 0 aliphatic heterocycles. The maximum atomic E-state index is 12.8. The maximum absolute atomic E-state index is 12.8. The predicted octanol–water partition coefficient (Wildman–Crippen LogP) is -1.23. The smallest absolute Gasteiger partial charge is 0.404 e.